The summed E-state index contributed by atoms with van der Waals surface area (Å²) in [4.78, 5) is 23.4. The predicted molar refractivity (Wildman–Crippen MR) is 102 cm³/mol. The maximum Gasteiger partial charge on any atom is 0.226 e. The molecule has 3 heterocycles. The molecule has 0 radical (unpaired) electrons. The topological polar surface area (TPSA) is 51.0 Å². The minimum Gasteiger partial charge on any atom is -0.342 e. The van der Waals surface area contributed by atoms with Gasteiger partial charge < -0.3 is 9.47 Å². The van der Waals surface area contributed by atoms with Crippen LogP contribution in [0.25, 0.3) is 11.0 Å². The smallest absolute Gasteiger partial charge is 0.226 e. The van der Waals surface area contributed by atoms with Crippen molar-refractivity contribution in [3.63, 3.8) is 0 Å². The molecule has 0 unspecified atom stereocenters. The molecule has 1 amide bonds. The van der Waals surface area contributed by atoms with Crippen LogP contribution >= 0.6 is 0 Å². The van der Waals surface area contributed by atoms with Crippen LogP contribution in [0.5, 0.6) is 0 Å². The molecule has 26 heavy (non-hydrogen) atoms. The van der Waals surface area contributed by atoms with E-state index in [9.17, 15) is 4.79 Å². The zero-order valence-electron chi connectivity index (χ0n) is 15.1. The number of rotatable bonds is 4. The fourth-order valence-corrected chi connectivity index (χ4v) is 3.91. The molecule has 1 aromatic carbocycles. The lowest BCUT2D eigenvalue weighted by molar-refractivity contribution is -0.131. The van der Waals surface area contributed by atoms with Gasteiger partial charge in [-0.15, -0.1) is 0 Å². The largest absolute Gasteiger partial charge is 0.342 e. The third kappa shape index (κ3) is 3.21. The highest BCUT2D eigenvalue weighted by molar-refractivity contribution is 5.79. The standard InChI is InChI=1S/C21H24N4O/c1-2-20-23-18-5-3-4-6-19(18)25(20)17-9-13-24(14-10-17)21(26)15-16-7-11-22-12-8-16/h3-8,11-12,17H,2,9-10,13-15H2,1H3. The van der Waals surface area contributed by atoms with Crippen molar-refractivity contribution in [3.8, 4) is 0 Å². The molecule has 0 aliphatic carbocycles. The molecular formula is C21H24N4O. The molecule has 0 N–H and O–H groups in total. The van der Waals surface area contributed by atoms with Gasteiger partial charge in [-0.2, -0.15) is 0 Å². The number of hydrogen-bond donors (Lipinski definition) is 0. The van der Waals surface area contributed by atoms with Gasteiger partial charge in [0.25, 0.3) is 0 Å². The van der Waals surface area contributed by atoms with Crippen LogP contribution in [-0.4, -0.2) is 38.4 Å². The van der Waals surface area contributed by atoms with Gasteiger partial charge in [-0.25, -0.2) is 4.98 Å². The van der Waals surface area contributed by atoms with E-state index in [0.717, 1.165) is 49.3 Å². The average molecular weight is 348 g/mol. The third-order valence-corrected chi connectivity index (χ3v) is 5.27. The minimum absolute atomic E-state index is 0.209. The van der Waals surface area contributed by atoms with Crippen LogP contribution in [0.1, 0.15) is 37.2 Å². The fraction of sp³-hybridized carbons (Fsp3) is 0.381. The zero-order valence-corrected chi connectivity index (χ0v) is 15.1. The Labute approximate surface area is 153 Å². The summed E-state index contributed by atoms with van der Waals surface area (Å²) in [6.45, 7) is 3.78. The molecule has 1 saturated heterocycles. The molecule has 5 heteroatoms. The van der Waals surface area contributed by atoms with Crippen molar-refractivity contribution in [1.82, 2.24) is 19.4 Å². The first kappa shape index (κ1) is 16.8. The number of fused-ring (bicyclic) bond motifs is 1. The van der Waals surface area contributed by atoms with E-state index in [2.05, 4.69) is 34.7 Å². The van der Waals surface area contributed by atoms with Crippen LogP contribution in [0.4, 0.5) is 0 Å². The number of piperidine rings is 1. The van der Waals surface area contributed by atoms with Crippen molar-refractivity contribution in [2.75, 3.05) is 13.1 Å². The highest BCUT2D eigenvalue weighted by Crippen LogP contribution is 2.29. The molecule has 0 bridgehead atoms. The second-order valence-corrected chi connectivity index (χ2v) is 6.88. The number of pyridine rings is 1. The highest BCUT2D eigenvalue weighted by atomic mass is 16.2. The van der Waals surface area contributed by atoms with E-state index in [1.54, 1.807) is 12.4 Å². The van der Waals surface area contributed by atoms with Crippen molar-refractivity contribution in [2.45, 2.75) is 38.6 Å². The number of benzene rings is 1. The Bertz CT molecular complexity index is 895. The summed E-state index contributed by atoms with van der Waals surface area (Å²) in [5.41, 5.74) is 3.31. The second-order valence-electron chi connectivity index (χ2n) is 6.88. The first-order chi connectivity index (χ1) is 12.8. The molecule has 1 aliphatic heterocycles. The van der Waals surface area contributed by atoms with E-state index in [0.29, 0.717) is 12.5 Å². The molecule has 2 aromatic heterocycles. The van der Waals surface area contributed by atoms with E-state index in [1.807, 2.05) is 23.1 Å². The lowest BCUT2D eigenvalue weighted by Gasteiger charge is -2.33. The molecule has 0 atom stereocenters. The Morgan fingerprint density at radius 1 is 1.12 bits per heavy atom. The summed E-state index contributed by atoms with van der Waals surface area (Å²) in [5, 5.41) is 0. The van der Waals surface area contributed by atoms with Gasteiger partial charge >= 0.3 is 0 Å². The number of nitrogens with zero attached hydrogens (tertiary/aromatic N) is 4. The van der Waals surface area contributed by atoms with Gasteiger partial charge in [0.05, 0.1) is 17.5 Å². The van der Waals surface area contributed by atoms with Crippen LogP contribution in [0.3, 0.4) is 0 Å². The van der Waals surface area contributed by atoms with Gasteiger partial charge in [0.1, 0.15) is 5.82 Å². The minimum atomic E-state index is 0.209. The van der Waals surface area contributed by atoms with Gasteiger partial charge in [0.15, 0.2) is 0 Å². The first-order valence-corrected chi connectivity index (χ1v) is 9.38. The van der Waals surface area contributed by atoms with Crippen LogP contribution in [-0.2, 0) is 17.6 Å². The van der Waals surface area contributed by atoms with Crippen molar-refractivity contribution < 1.29 is 4.79 Å². The van der Waals surface area contributed by atoms with E-state index in [4.69, 9.17) is 4.98 Å². The molecule has 0 spiro atoms. The Morgan fingerprint density at radius 3 is 2.58 bits per heavy atom. The van der Waals surface area contributed by atoms with Gasteiger partial charge in [-0.3, -0.25) is 9.78 Å². The monoisotopic (exact) mass is 348 g/mol. The zero-order chi connectivity index (χ0) is 17.9. The number of aromatic nitrogens is 3. The summed E-state index contributed by atoms with van der Waals surface area (Å²) in [6.07, 6.45) is 6.83. The fourth-order valence-electron chi connectivity index (χ4n) is 3.91. The van der Waals surface area contributed by atoms with E-state index >= 15 is 0 Å². The average Bonchev–Trinajstić information content (AvgIpc) is 3.07. The normalized spacial score (nSPS) is 15.5. The van der Waals surface area contributed by atoms with Crippen molar-refractivity contribution in [1.29, 1.82) is 0 Å². The lowest BCUT2D eigenvalue weighted by Crippen LogP contribution is -2.40. The van der Waals surface area contributed by atoms with Crippen LogP contribution in [0, 0.1) is 0 Å². The quantitative estimate of drug-likeness (QED) is 0.726. The Balaban J connectivity index is 1.46. The maximum absolute atomic E-state index is 12.6. The lowest BCUT2D eigenvalue weighted by atomic mass is 10.0. The first-order valence-electron chi connectivity index (χ1n) is 9.38. The summed E-state index contributed by atoms with van der Waals surface area (Å²) >= 11 is 0. The third-order valence-electron chi connectivity index (χ3n) is 5.27. The Morgan fingerprint density at radius 2 is 1.85 bits per heavy atom. The van der Waals surface area contributed by atoms with E-state index in [-0.39, 0.29) is 5.91 Å². The number of para-hydroxylation sites is 2. The number of hydrogen-bond acceptors (Lipinski definition) is 3. The number of likely N-dealkylation sites (tertiary alicyclic amines) is 1. The summed E-state index contributed by atoms with van der Waals surface area (Å²) in [7, 11) is 0. The molecule has 1 fully saturated rings. The van der Waals surface area contributed by atoms with Crippen LogP contribution in [0.2, 0.25) is 0 Å². The van der Waals surface area contributed by atoms with E-state index < -0.39 is 0 Å². The second kappa shape index (κ2) is 7.28. The van der Waals surface area contributed by atoms with Gasteiger partial charge in [0.2, 0.25) is 5.91 Å². The van der Waals surface area contributed by atoms with Crippen molar-refractivity contribution >= 4 is 16.9 Å². The van der Waals surface area contributed by atoms with Crippen LogP contribution < -0.4 is 0 Å². The Kier molecular flexibility index (Phi) is 4.69. The highest BCUT2D eigenvalue weighted by Gasteiger charge is 2.26. The van der Waals surface area contributed by atoms with Gasteiger partial charge in [0, 0.05) is 37.9 Å². The number of carbonyl (C=O) groups is 1. The maximum atomic E-state index is 12.6. The van der Waals surface area contributed by atoms with Gasteiger partial charge in [-0.1, -0.05) is 19.1 Å². The molecule has 1 aliphatic rings. The molecule has 4 rings (SSSR count). The summed E-state index contributed by atoms with van der Waals surface area (Å²) < 4.78 is 2.40. The van der Waals surface area contributed by atoms with Gasteiger partial charge in [-0.05, 0) is 42.7 Å². The van der Waals surface area contributed by atoms with Crippen molar-refractivity contribution in [3.05, 3.63) is 60.2 Å². The number of imidazole rings is 1. The summed E-state index contributed by atoms with van der Waals surface area (Å²) in [6, 6.07) is 12.6. The predicted octanol–water partition coefficient (Wildman–Crippen LogP) is 3.40. The SMILES string of the molecule is CCc1nc2ccccc2n1C1CCN(C(=O)Cc2ccncc2)CC1. The summed E-state index contributed by atoms with van der Waals surface area (Å²) in [5.74, 6) is 1.36. The number of amides is 1. The van der Waals surface area contributed by atoms with Crippen LogP contribution in [0.15, 0.2) is 48.8 Å². The molecular weight excluding hydrogens is 324 g/mol. The molecule has 3 aromatic rings. The molecule has 0 saturated carbocycles. The number of aryl methyl sites for hydroxylation is 1. The Hall–Kier alpha value is -2.69. The van der Waals surface area contributed by atoms with Crippen molar-refractivity contribution in [2.24, 2.45) is 0 Å². The molecule has 134 valence electrons. The number of carbonyl (C=O) groups excluding carboxylic acids is 1. The van der Waals surface area contributed by atoms with E-state index in [1.165, 1.54) is 5.52 Å². The molecule has 5 nitrogen and oxygen atoms in total.